The van der Waals surface area contributed by atoms with Gasteiger partial charge in [-0.3, -0.25) is 4.31 Å². The molecule has 4 aromatic rings. The van der Waals surface area contributed by atoms with Crippen molar-refractivity contribution in [3.8, 4) is 0 Å². The molecule has 0 atom stereocenters. The quantitative estimate of drug-likeness (QED) is 0.235. The van der Waals surface area contributed by atoms with E-state index in [-0.39, 0.29) is 0 Å². The topological polar surface area (TPSA) is 115 Å². The maximum Gasteiger partial charge on any atom is 0.231 e. The molecule has 3 heterocycles. The lowest BCUT2D eigenvalue weighted by Crippen LogP contribution is -2.24. The van der Waals surface area contributed by atoms with Crippen LogP contribution < -0.4 is 20.3 Å². The number of hydrogen-bond acceptors (Lipinski definition) is 7. The van der Waals surface area contributed by atoms with E-state index in [2.05, 4.69) is 71.2 Å². The van der Waals surface area contributed by atoms with Crippen LogP contribution in [0.2, 0.25) is 0 Å². The average molecular weight is 583 g/mol. The van der Waals surface area contributed by atoms with Crippen LogP contribution in [0.5, 0.6) is 0 Å². The third-order valence-electron chi connectivity index (χ3n) is 6.32. The fourth-order valence-corrected chi connectivity index (χ4v) is 5.08. The zero-order chi connectivity index (χ0) is 26.0. The number of rotatable bonds is 8. The van der Waals surface area contributed by atoms with E-state index in [4.69, 9.17) is 0 Å². The van der Waals surface area contributed by atoms with Gasteiger partial charge in [0.05, 0.1) is 16.4 Å². The monoisotopic (exact) mass is 581 g/mol. The molecule has 0 fully saturated rings. The molecule has 0 unspecified atom stereocenters. The van der Waals surface area contributed by atoms with Gasteiger partial charge in [-0.2, -0.15) is 4.98 Å². The first-order chi connectivity index (χ1) is 17.8. The SMILES string of the molecule is CN(c1cccc(CNc2nc(Nc3ccc4[nH]cc(C5=CCNCC5)c4c3)ncc2Br)c1)S(C)(=O)=O. The zero-order valence-electron chi connectivity index (χ0n) is 20.5. The summed E-state index contributed by atoms with van der Waals surface area (Å²) >= 11 is 3.52. The number of aromatic nitrogens is 3. The number of nitrogens with one attached hydrogen (secondary N) is 4. The number of H-pyrrole nitrogens is 1. The molecule has 0 saturated carbocycles. The maximum atomic E-state index is 11.9. The molecule has 0 saturated heterocycles. The molecule has 1 aliphatic rings. The minimum atomic E-state index is -3.33. The average Bonchev–Trinajstić information content (AvgIpc) is 3.32. The molecular formula is C26H28BrN7O2S. The van der Waals surface area contributed by atoms with Crippen molar-refractivity contribution in [2.24, 2.45) is 0 Å². The smallest absolute Gasteiger partial charge is 0.231 e. The third-order valence-corrected chi connectivity index (χ3v) is 8.11. The molecule has 4 N–H and O–H groups in total. The number of halogens is 1. The molecular weight excluding hydrogens is 554 g/mol. The zero-order valence-corrected chi connectivity index (χ0v) is 22.9. The van der Waals surface area contributed by atoms with Crippen molar-refractivity contribution in [1.29, 1.82) is 0 Å². The van der Waals surface area contributed by atoms with Gasteiger partial charge in [-0.15, -0.1) is 0 Å². The van der Waals surface area contributed by atoms with Crippen molar-refractivity contribution in [1.82, 2.24) is 20.3 Å². The van der Waals surface area contributed by atoms with Crippen molar-refractivity contribution < 1.29 is 8.42 Å². The van der Waals surface area contributed by atoms with Crippen LogP contribution in [-0.2, 0) is 16.6 Å². The first kappa shape index (κ1) is 25.2. The molecule has 0 amide bonds. The Balaban J connectivity index is 1.33. The van der Waals surface area contributed by atoms with Gasteiger partial charge in [0.15, 0.2) is 0 Å². The van der Waals surface area contributed by atoms with Crippen LogP contribution in [0, 0.1) is 0 Å². The van der Waals surface area contributed by atoms with Crippen molar-refractivity contribution in [2.45, 2.75) is 13.0 Å². The van der Waals surface area contributed by atoms with Gasteiger partial charge in [-0.1, -0.05) is 18.2 Å². The summed E-state index contributed by atoms with van der Waals surface area (Å²) in [6, 6.07) is 13.5. The lowest BCUT2D eigenvalue weighted by atomic mass is 9.99. The molecule has 1 aliphatic heterocycles. The Bertz CT molecular complexity index is 1580. The van der Waals surface area contributed by atoms with Crippen molar-refractivity contribution in [3.05, 3.63) is 76.5 Å². The highest BCUT2D eigenvalue weighted by molar-refractivity contribution is 9.10. The second-order valence-corrected chi connectivity index (χ2v) is 11.8. The van der Waals surface area contributed by atoms with Gasteiger partial charge in [0.1, 0.15) is 5.82 Å². The summed E-state index contributed by atoms with van der Waals surface area (Å²) < 4.78 is 25.8. The van der Waals surface area contributed by atoms with E-state index < -0.39 is 10.0 Å². The number of hydrogen-bond donors (Lipinski definition) is 4. The van der Waals surface area contributed by atoms with E-state index >= 15 is 0 Å². The Morgan fingerprint density at radius 2 is 2.05 bits per heavy atom. The van der Waals surface area contributed by atoms with Gasteiger partial charge >= 0.3 is 0 Å². The summed E-state index contributed by atoms with van der Waals surface area (Å²) in [5, 5.41) is 11.2. The van der Waals surface area contributed by atoms with Gasteiger partial charge in [0.25, 0.3) is 0 Å². The Hall–Kier alpha value is -3.41. The lowest BCUT2D eigenvalue weighted by Gasteiger charge is -2.17. The van der Waals surface area contributed by atoms with E-state index in [0.717, 1.165) is 46.1 Å². The van der Waals surface area contributed by atoms with Crippen molar-refractivity contribution in [2.75, 3.05) is 41.3 Å². The summed E-state index contributed by atoms with van der Waals surface area (Å²) in [4.78, 5) is 12.4. The molecule has 2 aromatic carbocycles. The van der Waals surface area contributed by atoms with E-state index in [1.165, 1.54) is 28.7 Å². The van der Waals surface area contributed by atoms with Crippen LogP contribution in [0.15, 0.2) is 65.4 Å². The van der Waals surface area contributed by atoms with Gasteiger partial charge in [0.2, 0.25) is 16.0 Å². The summed E-state index contributed by atoms with van der Waals surface area (Å²) in [6.07, 6.45) is 8.21. The molecule has 5 rings (SSSR count). The van der Waals surface area contributed by atoms with Gasteiger partial charge in [0, 0.05) is 54.7 Å². The van der Waals surface area contributed by atoms with Gasteiger partial charge < -0.3 is 20.9 Å². The van der Waals surface area contributed by atoms with Crippen LogP contribution in [0.1, 0.15) is 17.5 Å². The van der Waals surface area contributed by atoms with Gasteiger partial charge in [-0.25, -0.2) is 13.4 Å². The highest BCUT2D eigenvalue weighted by Crippen LogP contribution is 2.31. The summed E-state index contributed by atoms with van der Waals surface area (Å²) in [6.45, 7) is 2.34. The minimum Gasteiger partial charge on any atom is -0.365 e. The van der Waals surface area contributed by atoms with E-state index in [0.29, 0.717) is 24.0 Å². The van der Waals surface area contributed by atoms with E-state index in [9.17, 15) is 8.42 Å². The van der Waals surface area contributed by atoms with Crippen molar-refractivity contribution in [3.63, 3.8) is 0 Å². The highest BCUT2D eigenvalue weighted by atomic mass is 79.9. The van der Waals surface area contributed by atoms with Crippen LogP contribution in [0.25, 0.3) is 16.5 Å². The van der Waals surface area contributed by atoms with Crippen molar-refractivity contribution >= 4 is 65.6 Å². The standard InChI is InChI=1S/C26H28BrN7O2S/c1-34(37(2,35)36)20-5-3-4-17(12-20)14-30-25-23(27)16-31-26(33-25)32-19-6-7-24-21(13-19)22(15-29-24)18-8-10-28-11-9-18/h3-8,12-13,15-16,28-29H,9-11,14H2,1-2H3,(H2,30,31,32,33). The van der Waals surface area contributed by atoms with Gasteiger partial charge in [-0.05, 0) is 70.4 Å². The molecule has 9 nitrogen and oxygen atoms in total. The molecule has 0 radical (unpaired) electrons. The number of aromatic amines is 1. The predicted octanol–water partition coefficient (Wildman–Crippen LogP) is 4.85. The van der Waals surface area contributed by atoms with Crippen LogP contribution in [-0.4, -0.2) is 49.8 Å². The van der Waals surface area contributed by atoms with Crippen LogP contribution in [0.3, 0.4) is 0 Å². The largest absolute Gasteiger partial charge is 0.365 e. The minimum absolute atomic E-state index is 0.461. The highest BCUT2D eigenvalue weighted by Gasteiger charge is 2.14. The predicted molar refractivity (Wildman–Crippen MR) is 154 cm³/mol. The second-order valence-electron chi connectivity index (χ2n) is 8.92. The Morgan fingerprint density at radius 1 is 1.19 bits per heavy atom. The lowest BCUT2D eigenvalue weighted by molar-refractivity contribution is 0.600. The maximum absolute atomic E-state index is 11.9. The molecule has 0 spiro atoms. The first-order valence-corrected chi connectivity index (χ1v) is 14.5. The summed E-state index contributed by atoms with van der Waals surface area (Å²) in [5.41, 5.74) is 6.08. The Labute approximate surface area is 224 Å². The number of fused-ring (bicyclic) bond motifs is 1. The number of sulfonamides is 1. The molecule has 0 aliphatic carbocycles. The Morgan fingerprint density at radius 3 is 2.84 bits per heavy atom. The number of nitrogens with zero attached hydrogens (tertiary/aromatic N) is 3. The van der Waals surface area contributed by atoms with E-state index in [1.807, 2.05) is 24.3 Å². The Kier molecular flexibility index (Phi) is 7.18. The second kappa shape index (κ2) is 10.5. The molecule has 37 heavy (non-hydrogen) atoms. The molecule has 192 valence electrons. The number of anilines is 4. The van der Waals surface area contributed by atoms with E-state index in [1.54, 1.807) is 12.3 Å². The molecule has 11 heteroatoms. The normalized spacial score (nSPS) is 13.9. The van der Waals surface area contributed by atoms with Crippen LogP contribution in [0.4, 0.5) is 23.1 Å². The first-order valence-electron chi connectivity index (χ1n) is 11.9. The number of benzene rings is 2. The molecule has 2 aromatic heterocycles. The van der Waals surface area contributed by atoms with Crippen LogP contribution >= 0.6 is 15.9 Å². The summed E-state index contributed by atoms with van der Waals surface area (Å²) in [5.74, 6) is 1.09. The molecule has 0 bridgehead atoms. The fraction of sp³-hybridized carbons (Fsp3) is 0.231. The fourth-order valence-electron chi connectivity index (χ4n) is 4.25. The summed E-state index contributed by atoms with van der Waals surface area (Å²) in [7, 11) is -1.79. The third kappa shape index (κ3) is 5.79.